The minimum atomic E-state index is -3.91. The van der Waals surface area contributed by atoms with E-state index in [1.807, 2.05) is 0 Å². The Morgan fingerprint density at radius 2 is 2.13 bits per heavy atom. The van der Waals surface area contributed by atoms with Gasteiger partial charge in [0, 0.05) is 0 Å². The van der Waals surface area contributed by atoms with Crippen LogP contribution in [0.15, 0.2) is 6.20 Å². The molecule has 0 aliphatic rings. The van der Waals surface area contributed by atoms with Crippen molar-refractivity contribution in [2.75, 3.05) is 5.75 Å². The van der Waals surface area contributed by atoms with E-state index in [4.69, 9.17) is 5.11 Å². The molecule has 0 unspecified atom stereocenters. The van der Waals surface area contributed by atoms with Gasteiger partial charge in [-0.05, 0) is 11.5 Å². The highest BCUT2D eigenvalue weighted by Gasteiger charge is 2.28. The van der Waals surface area contributed by atoms with Crippen molar-refractivity contribution in [3.05, 3.63) is 16.6 Å². The molecule has 15 heavy (non-hydrogen) atoms. The van der Waals surface area contributed by atoms with Crippen LogP contribution in [0.2, 0.25) is 0 Å². The van der Waals surface area contributed by atoms with Gasteiger partial charge in [0.2, 0.25) is 9.84 Å². The highest BCUT2D eigenvalue weighted by atomic mass is 32.2. The number of aromatic carboxylic acids is 1. The van der Waals surface area contributed by atoms with Gasteiger partial charge >= 0.3 is 5.97 Å². The molecule has 0 spiro atoms. The molecule has 0 bridgehead atoms. The standard InChI is InChI=1S/C7H7NO5S2/c1-2-15(12,13)7(11)5-4(6(9)10)3-8-14-5/h3H,2H2,1H3,(H,9,10). The van der Waals surface area contributed by atoms with E-state index in [0.29, 0.717) is 11.5 Å². The Hall–Kier alpha value is -1.28. The molecule has 0 atom stereocenters. The van der Waals surface area contributed by atoms with E-state index in [9.17, 15) is 18.0 Å². The molecule has 1 heterocycles. The number of carboxylic acid groups (broad SMARTS) is 1. The molecule has 82 valence electrons. The van der Waals surface area contributed by atoms with Gasteiger partial charge in [0.1, 0.15) is 10.4 Å². The molecule has 0 fully saturated rings. The lowest BCUT2D eigenvalue weighted by molar-refractivity contribution is 0.0694. The Labute approximate surface area is 89.6 Å². The van der Waals surface area contributed by atoms with Crippen molar-refractivity contribution < 1.29 is 23.1 Å². The smallest absolute Gasteiger partial charge is 0.338 e. The highest BCUT2D eigenvalue weighted by Crippen LogP contribution is 2.17. The number of hydrogen-bond acceptors (Lipinski definition) is 6. The number of carboxylic acids is 1. The van der Waals surface area contributed by atoms with Crippen LogP contribution in [-0.2, 0) is 9.84 Å². The van der Waals surface area contributed by atoms with Gasteiger partial charge in [0.25, 0.3) is 5.12 Å². The normalized spacial score (nSPS) is 11.3. The molecule has 1 rings (SSSR count). The van der Waals surface area contributed by atoms with Crippen LogP contribution in [0, 0.1) is 0 Å². The Bertz CT molecular complexity index is 501. The van der Waals surface area contributed by atoms with Crippen molar-refractivity contribution in [2.45, 2.75) is 6.92 Å². The number of aromatic nitrogens is 1. The summed E-state index contributed by atoms with van der Waals surface area (Å²) in [5.41, 5.74) is -0.373. The Balaban J connectivity index is 3.24. The second-order valence-corrected chi connectivity index (χ2v) is 5.54. The third-order valence-corrected chi connectivity index (χ3v) is 4.11. The SMILES string of the molecule is CCS(=O)(=O)C(=O)c1sncc1C(=O)O. The number of carbonyl (C=O) groups is 2. The van der Waals surface area contributed by atoms with Crippen LogP contribution in [0.3, 0.4) is 0 Å². The second kappa shape index (κ2) is 4.07. The monoisotopic (exact) mass is 249 g/mol. The maximum absolute atomic E-state index is 11.4. The Morgan fingerprint density at radius 3 is 2.60 bits per heavy atom. The maximum Gasteiger partial charge on any atom is 0.338 e. The summed E-state index contributed by atoms with van der Waals surface area (Å²) in [6.45, 7) is 1.31. The van der Waals surface area contributed by atoms with Crippen LogP contribution in [0.5, 0.6) is 0 Å². The number of hydrogen-bond donors (Lipinski definition) is 1. The van der Waals surface area contributed by atoms with Gasteiger partial charge in [-0.15, -0.1) is 0 Å². The van der Waals surface area contributed by atoms with Crippen molar-refractivity contribution in [3.63, 3.8) is 0 Å². The first-order chi connectivity index (χ1) is 6.90. The van der Waals surface area contributed by atoms with E-state index in [1.165, 1.54) is 6.92 Å². The summed E-state index contributed by atoms with van der Waals surface area (Å²) in [5.74, 6) is -1.72. The molecule has 0 aliphatic heterocycles. The highest BCUT2D eigenvalue weighted by molar-refractivity contribution is 8.06. The lowest BCUT2D eigenvalue weighted by Gasteiger charge is -1.97. The summed E-state index contributed by atoms with van der Waals surface area (Å²) in [4.78, 5) is 21.7. The van der Waals surface area contributed by atoms with Gasteiger partial charge in [-0.25, -0.2) is 13.2 Å². The molecule has 0 saturated carbocycles. The molecule has 1 aromatic rings. The zero-order valence-corrected chi connectivity index (χ0v) is 9.26. The molecule has 0 aliphatic carbocycles. The third-order valence-electron chi connectivity index (χ3n) is 1.65. The van der Waals surface area contributed by atoms with Crippen LogP contribution in [0.25, 0.3) is 0 Å². The molecular formula is C7H7NO5S2. The molecule has 6 nitrogen and oxygen atoms in total. The topological polar surface area (TPSA) is 101 Å². The number of nitrogens with zero attached hydrogens (tertiary/aromatic N) is 1. The first-order valence-electron chi connectivity index (χ1n) is 3.85. The minimum Gasteiger partial charge on any atom is -0.478 e. The van der Waals surface area contributed by atoms with Gasteiger partial charge in [-0.2, -0.15) is 4.37 Å². The predicted octanol–water partition coefficient (Wildman–Crippen LogP) is 0.416. The van der Waals surface area contributed by atoms with Crippen LogP contribution < -0.4 is 0 Å². The Morgan fingerprint density at radius 1 is 1.53 bits per heavy atom. The average molecular weight is 249 g/mol. The van der Waals surface area contributed by atoms with E-state index in [0.717, 1.165) is 6.20 Å². The molecule has 8 heteroatoms. The number of sulfone groups is 1. The van der Waals surface area contributed by atoms with E-state index >= 15 is 0 Å². The third kappa shape index (κ3) is 2.21. The van der Waals surface area contributed by atoms with Crippen LogP contribution in [-0.4, -0.2) is 34.7 Å². The Kier molecular flexibility index (Phi) is 3.20. The fraction of sp³-hybridized carbons (Fsp3) is 0.286. The van der Waals surface area contributed by atoms with E-state index < -0.39 is 20.9 Å². The lowest BCUT2D eigenvalue weighted by Crippen LogP contribution is -2.18. The van der Waals surface area contributed by atoms with Crippen molar-refractivity contribution in [1.29, 1.82) is 0 Å². The molecule has 0 amide bonds. The maximum atomic E-state index is 11.4. The summed E-state index contributed by atoms with van der Waals surface area (Å²) >= 11 is 0.569. The van der Waals surface area contributed by atoms with Gasteiger partial charge in [-0.3, -0.25) is 4.79 Å². The summed E-state index contributed by atoms with van der Waals surface area (Å²) in [5, 5.41) is 7.49. The zero-order valence-electron chi connectivity index (χ0n) is 7.63. The van der Waals surface area contributed by atoms with Gasteiger partial charge in [0.15, 0.2) is 0 Å². The van der Waals surface area contributed by atoms with Gasteiger partial charge in [0.05, 0.1) is 11.9 Å². The van der Waals surface area contributed by atoms with Crippen LogP contribution in [0.1, 0.15) is 27.0 Å². The molecule has 0 aromatic carbocycles. The first-order valence-corrected chi connectivity index (χ1v) is 6.27. The van der Waals surface area contributed by atoms with Crippen molar-refractivity contribution in [1.82, 2.24) is 4.37 Å². The van der Waals surface area contributed by atoms with E-state index in [1.54, 1.807) is 0 Å². The largest absolute Gasteiger partial charge is 0.478 e. The van der Waals surface area contributed by atoms with E-state index in [-0.39, 0.29) is 16.2 Å². The predicted molar refractivity (Wildman–Crippen MR) is 52.9 cm³/mol. The van der Waals surface area contributed by atoms with Gasteiger partial charge < -0.3 is 5.11 Å². The first kappa shape index (κ1) is 11.8. The lowest BCUT2D eigenvalue weighted by atomic mass is 10.3. The zero-order chi connectivity index (χ0) is 11.6. The van der Waals surface area contributed by atoms with Crippen LogP contribution >= 0.6 is 11.5 Å². The fourth-order valence-corrected chi connectivity index (χ4v) is 2.54. The summed E-state index contributed by atoms with van der Waals surface area (Å²) in [6, 6.07) is 0. The quantitative estimate of drug-likeness (QED) is 0.832. The summed E-state index contributed by atoms with van der Waals surface area (Å²) < 4.78 is 25.9. The summed E-state index contributed by atoms with van der Waals surface area (Å²) in [7, 11) is -3.91. The van der Waals surface area contributed by atoms with Crippen molar-refractivity contribution >= 4 is 32.5 Å². The molecule has 0 radical (unpaired) electrons. The second-order valence-electron chi connectivity index (χ2n) is 2.56. The fourth-order valence-electron chi connectivity index (χ4n) is 0.811. The molecule has 0 saturated heterocycles. The van der Waals surface area contributed by atoms with Crippen molar-refractivity contribution in [3.8, 4) is 0 Å². The minimum absolute atomic E-state index is 0.343. The average Bonchev–Trinajstić information content (AvgIpc) is 2.64. The molecule has 1 N–H and O–H groups in total. The van der Waals surface area contributed by atoms with Crippen molar-refractivity contribution in [2.24, 2.45) is 0 Å². The van der Waals surface area contributed by atoms with E-state index in [2.05, 4.69) is 4.37 Å². The van der Waals surface area contributed by atoms with Crippen LogP contribution in [0.4, 0.5) is 0 Å². The molecule has 1 aromatic heterocycles. The summed E-state index contributed by atoms with van der Waals surface area (Å²) in [6.07, 6.45) is 0.964. The number of carbonyl (C=O) groups excluding carboxylic acids is 1. The number of rotatable bonds is 3. The van der Waals surface area contributed by atoms with Gasteiger partial charge in [-0.1, -0.05) is 6.92 Å². The molecular weight excluding hydrogens is 242 g/mol.